The van der Waals surface area contributed by atoms with Gasteiger partial charge in [0.2, 0.25) is 0 Å². The van der Waals surface area contributed by atoms with Crippen molar-refractivity contribution in [2.75, 3.05) is 11.9 Å². The second-order valence-corrected chi connectivity index (χ2v) is 5.18. The zero-order valence-corrected chi connectivity index (χ0v) is 12.2. The maximum Gasteiger partial charge on any atom is 0.319 e. The average Bonchev–Trinajstić information content (AvgIpc) is 2.39. The minimum absolute atomic E-state index is 0.0553. The van der Waals surface area contributed by atoms with Crippen molar-refractivity contribution in [1.82, 2.24) is 5.32 Å². The third kappa shape index (κ3) is 4.66. The summed E-state index contributed by atoms with van der Waals surface area (Å²) >= 11 is 0. The molecule has 0 bridgehead atoms. The zero-order chi connectivity index (χ0) is 15.2. The monoisotopic (exact) mass is 278 g/mol. The molecule has 0 radical (unpaired) electrons. The minimum Gasteiger partial charge on any atom is -0.394 e. The van der Waals surface area contributed by atoms with Gasteiger partial charge in [-0.25, -0.2) is 4.79 Å². The molecule has 0 aliphatic heterocycles. The van der Waals surface area contributed by atoms with E-state index in [1.54, 1.807) is 31.2 Å². The van der Waals surface area contributed by atoms with Gasteiger partial charge in [0, 0.05) is 11.3 Å². The fraction of sp³-hybridized carbons (Fsp3) is 0.467. The van der Waals surface area contributed by atoms with Gasteiger partial charge in [0.05, 0.1) is 12.1 Å². The molecule has 0 fully saturated rings. The normalized spacial score (nSPS) is 13.4. The molecule has 3 N–H and O–H groups in total. The second kappa shape index (κ2) is 7.05. The van der Waals surface area contributed by atoms with Crippen molar-refractivity contribution >= 4 is 17.5 Å². The number of anilines is 1. The van der Waals surface area contributed by atoms with Gasteiger partial charge in [-0.2, -0.15) is 0 Å². The molecule has 5 nitrogen and oxygen atoms in total. The van der Waals surface area contributed by atoms with Crippen LogP contribution in [0.4, 0.5) is 10.5 Å². The van der Waals surface area contributed by atoms with E-state index in [4.69, 9.17) is 0 Å². The molecular weight excluding hydrogens is 256 g/mol. The van der Waals surface area contributed by atoms with Crippen LogP contribution in [-0.4, -0.2) is 29.1 Å². The van der Waals surface area contributed by atoms with Crippen LogP contribution in [0.1, 0.15) is 44.0 Å². The van der Waals surface area contributed by atoms with Crippen LogP contribution in [0.3, 0.4) is 0 Å². The summed E-state index contributed by atoms with van der Waals surface area (Å²) < 4.78 is 0. The van der Waals surface area contributed by atoms with Crippen LogP contribution >= 0.6 is 0 Å². The Morgan fingerprint density at radius 3 is 2.60 bits per heavy atom. The molecule has 2 amide bonds. The van der Waals surface area contributed by atoms with E-state index >= 15 is 0 Å². The second-order valence-electron chi connectivity index (χ2n) is 5.18. The summed E-state index contributed by atoms with van der Waals surface area (Å²) in [6, 6.07) is 6.35. The third-order valence-electron chi connectivity index (χ3n) is 3.09. The van der Waals surface area contributed by atoms with E-state index in [-0.39, 0.29) is 12.4 Å². The highest BCUT2D eigenvalue weighted by molar-refractivity contribution is 5.96. The van der Waals surface area contributed by atoms with Crippen LogP contribution in [0.25, 0.3) is 0 Å². The fourth-order valence-electron chi connectivity index (χ4n) is 1.99. The lowest BCUT2D eigenvalue weighted by molar-refractivity contribution is 0.101. The van der Waals surface area contributed by atoms with E-state index in [9.17, 15) is 14.7 Å². The molecule has 1 aromatic rings. The molecular formula is C15H22N2O3. The first-order valence-electron chi connectivity index (χ1n) is 6.71. The third-order valence-corrected chi connectivity index (χ3v) is 3.09. The lowest BCUT2D eigenvalue weighted by atomic mass is 9.98. The zero-order valence-electron chi connectivity index (χ0n) is 12.2. The highest BCUT2D eigenvalue weighted by Gasteiger charge is 2.24. The average molecular weight is 278 g/mol. The van der Waals surface area contributed by atoms with Gasteiger partial charge in [-0.3, -0.25) is 4.79 Å². The molecule has 20 heavy (non-hydrogen) atoms. The number of amides is 2. The minimum atomic E-state index is -0.642. The van der Waals surface area contributed by atoms with Gasteiger partial charge in [0.15, 0.2) is 5.78 Å². The largest absolute Gasteiger partial charge is 0.394 e. The summed E-state index contributed by atoms with van der Waals surface area (Å²) in [7, 11) is 0. The quantitative estimate of drug-likeness (QED) is 0.700. The molecule has 110 valence electrons. The predicted molar refractivity (Wildman–Crippen MR) is 79.0 cm³/mol. The highest BCUT2D eigenvalue weighted by atomic mass is 16.3. The fourth-order valence-corrected chi connectivity index (χ4v) is 1.99. The van der Waals surface area contributed by atoms with E-state index in [0.29, 0.717) is 17.7 Å². The Kier molecular flexibility index (Phi) is 5.70. The Balaban J connectivity index is 2.71. The number of ketones is 1. The van der Waals surface area contributed by atoms with Crippen LogP contribution in [0.2, 0.25) is 0 Å². The molecule has 0 aliphatic carbocycles. The van der Waals surface area contributed by atoms with Crippen molar-refractivity contribution in [2.45, 2.75) is 39.2 Å². The topological polar surface area (TPSA) is 78.4 Å². The van der Waals surface area contributed by atoms with Gasteiger partial charge in [-0.1, -0.05) is 25.5 Å². The molecule has 0 unspecified atom stereocenters. The van der Waals surface area contributed by atoms with Crippen LogP contribution in [0, 0.1) is 0 Å². The van der Waals surface area contributed by atoms with E-state index in [2.05, 4.69) is 10.6 Å². The van der Waals surface area contributed by atoms with Crippen molar-refractivity contribution in [3.8, 4) is 0 Å². The van der Waals surface area contributed by atoms with Crippen molar-refractivity contribution in [2.24, 2.45) is 0 Å². The summed E-state index contributed by atoms with van der Waals surface area (Å²) in [4.78, 5) is 23.2. The number of rotatable bonds is 6. The first-order chi connectivity index (χ1) is 9.40. The number of carbonyl (C=O) groups excluding carboxylic acids is 2. The molecule has 0 aliphatic rings. The van der Waals surface area contributed by atoms with Gasteiger partial charge in [0.25, 0.3) is 0 Å². The first kappa shape index (κ1) is 16.2. The maximum atomic E-state index is 11.9. The molecule has 1 rings (SSSR count). The number of nitrogens with one attached hydrogen (secondary N) is 2. The first-order valence-corrected chi connectivity index (χ1v) is 6.71. The Labute approximate surface area is 119 Å². The van der Waals surface area contributed by atoms with Crippen molar-refractivity contribution in [3.05, 3.63) is 29.8 Å². The number of carbonyl (C=O) groups is 2. The molecule has 0 saturated heterocycles. The predicted octanol–water partition coefficient (Wildman–Crippen LogP) is 2.56. The summed E-state index contributed by atoms with van der Waals surface area (Å²) in [6.45, 7) is 5.14. The number of benzene rings is 1. The Hall–Kier alpha value is -1.88. The van der Waals surface area contributed by atoms with Gasteiger partial charge < -0.3 is 15.7 Å². The molecule has 0 saturated carbocycles. The molecule has 0 aromatic heterocycles. The molecule has 1 atom stereocenters. The standard InChI is InChI=1S/C15H22N2O3/c1-4-8-15(3,10-18)17-14(20)16-13-7-5-6-12(9-13)11(2)19/h5-7,9,18H,4,8,10H2,1-3H3,(H2,16,17,20)/t15-/m0/s1. The van der Waals surface area contributed by atoms with E-state index < -0.39 is 11.6 Å². The molecule has 5 heteroatoms. The molecule has 0 spiro atoms. The molecule has 1 aromatic carbocycles. The van der Waals surface area contributed by atoms with E-state index in [0.717, 1.165) is 6.42 Å². The SMILES string of the molecule is CCC[C@@](C)(CO)NC(=O)Nc1cccc(C(C)=O)c1. The lowest BCUT2D eigenvalue weighted by Crippen LogP contribution is -2.50. The van der Waals surface area contributed by atoms with Crippen LogP contribution < -0.4 is 10.6 Å². The van der Waals surface area contributed by atoms with Crippen molar-refractivity contribution in [3.63, 3.8) is 0 Å². The van der Waals surface area contributed by atoms with Crippen LogP contribution in [0.5, 0.6) is 0 Å². The van der Waals surface area contributed by atoms with Crippen LogP contribution in [0.15, 0.2) is 24.3 Å². The number of aliphatic hydroxyl groups is 1. The summed E-state index contributed by atoms with van der Waals surface area (Å²) in [5, 5.41) is 14.8. The summed E-state index contributed by atoms with van der Waals surface area (Å²) in [6.07, 6.45) is 1.54. The van der Waals surface area contributed by atoms with E-state index in [1.165, 1.54) is 6.92 Å². The Bertz CT molecular complexity index is 488. The number of hydrogen-bond acceptors (Lipinski definition) is 3. The van der Waals surface area contributed by atoms with Crippen molar-refractivity contribution in [1.29, 1.82) is 0 Å². The van der Waals surface area contributed by atoms with Gasteiger partial charge in [-0.15, -0.1) is 0 Å². The summed E-state index contributed by atoms with van der Waals surface area (Å²) in [5.41, 5.74) is 0.449. The molecule has 0 heterocycles. The number of Topliss-reactive ketones (excluding diaryl/α,β-unsaturated/α-hetero) is 1. The number of hydrogen-bond donors (Lipinski definition) is 3. The lowest BCUT2D eigenvalue weighted by Gasteiger charge is -2.28. The van der Waals surface area contributed by atoms with Gasteiger partial charge in [0.1, 0.15) is 0 Å². The van der Waals surface area contributed by atoms with E-state index in [1.807, 2.05) is 6.92 Å². The van der Waals surface area contributed by atoms with Gasteiger partial charge >= 0.3 is 6.03 Å². The maximum absolute atomic E-state index is 11.9. The number of aliphatic hydroxyl groups excluding tert-OH is 1. The Morgan fingerprint density at radius 1 is 1.35 bits per heavy atom. The number of urea groups is 1. The van der Waals surface area contributed by atoms with Gasteiger partial charge in [-0.05, 0) is 32.4 Å². The highest BCUT2D eigenvalue weighted by Crippen LogP contribution is 2.14. The summed E-state index contributed by atoms with van der Waals surface area (Å²) in [5.74, 6) is -0.0553. The van der Waals surface area contributed by atoms with Crippen molar-refractivity contribution < 1.29 is 14.7 Å². The Morgan fingerprint density at radius 2 is 2.05 bits per heavy atom. The van der Waals surface area contributed by atoms with Crippen LogP contribution in [-0.2, 0) is 0 Å². The smallest absolute Gasteiger partial charge is 0.319 e.